The van der Waals surface area contributed by atoms with Crippen LogP contribution in [0.4, 0.5) is 23.2 Å². The highest BCUT2D eigenvalue weighted by Gasteiger charge is 2.48. The maximum absolute atomic E-state index is 14.2. The largest absolute Gasteiger partial charge is 0.488 e. The molecule has 3 atom stereocenters. The predicted octanol–water partition coefficient (Wildman–Crippen LogP) is 6.14. The third-order valence-corrected chi connectivity index (χ3v) is 7.40. The molecule has 1 amide bonds. The molecule has 3 heterocycles. The van der Waals surface area contributed by atoms with Crippen molar-refractivity contribution < 1.29 is 41.4 Å². The number of hydrogen-bond acceptors (Lipinski definition) is 6. The number of carbonyl (C=O) groups is 2. The van der Waals surface area contributed by atoms with Gasteiger partial charge in [-0.05, 0) is 37.3 Å². The Kier molecular flexibility index (Phi) is 6.58. The third kappa shape index (κ3) is 4.50. The molecule has 8 nitrogen and oxygen atoms in total. The van der Waals surface area contributed by atoms with E-state index < -0.39 is 42.1 Å². The van der Waals surface area contributed by atoms with Gasteiger partial charge in [-0.25, -0.2) is 9.37 Å². The van der Waals surface area contributed by atoms with Crippen LogP contribution in [-0.2, 0) is 20.7 Å². The molecule has 1 unspecified atom stereocenters. The van der Waals surface area contributed by atoms with E-state index in [0.717, 1.165) is 0 Å². The Balaban J connectivity index is 1.46. The Bertz CT molecular complexity index is 1730. The van der Waals surface area contributed by atoms with E-state index in [1.165, 1.54) is 37.3 Å². The zero-order chi connectivity index (χ0) is 29.9. The van der Waals surface area contributed by atoms with Crippen LogP contribution < -0.4 is 14.4 Å². The fraction of sp³-hybridized carbons (Fsp3) is 0.300. The second-order valence-corrected chi connectivity index (χ2v) is 10.1. The number of para-hydroxylation sites is 1. The van der Waals surface area contributed by atoms with Crippen molar-refractivity contribution in [2.75, 3.05) is 11.5 Å². The van der Waals surface area contributed by atoms with E-state index in [2.05, 4.69) is 4.98 Å². The zero-order valence-electron chi connectivity index (χ0n) is 22.7. The molecule has 0 spiro atoms. The summed E-state index contributed by atoms with van der Waals surface area (Å²) in [6.07, 6.45) is -6.02. The minimum Gasteiger partial charge on any atom is -0.488 e. The van der Waals surface area contributed by atoms with Crippen molar-refractivity contribution in [3.05, 3.63) is 77.4 Å². The van der Waals surface area contributed by atoms with E-state index in [-0.39, 0.29) is 23.8 Å². The number of ether oxygens (including phenoxy) is 3. The number of amides is 1. The van der Waals surface area contributed by atoms with Crippen molar-refractivity contribution in [1.29, 1.82) is 0 Å². The summed E-state index contributed by atoms with van der Waals surface area (Å²) in [6.45, 7) is 4.54. The maximum Gasteiger partial charge on any atom is 0.471 e. The lowest BCUT2D eigenvalue weighted by Crippen LogP contribution is -2.44. The summed E-state index contributed by atoms with van der Waals surface area (Å²) < 4.78 is 75.0. The smallest absolute Gasteiger partial charge is 0.471 e. The van der Waals surface area contributed by atoms with Crippen molar-refractivity contribution in [3.63, 3.8) is 0 Å². The van der Waals surface area contributed by atoms with E-state index in [4.69, 9.17) is 14.2 Å². The topological polar surface area (TPSA) is 82.9 Å². The fourth-order valence-electron chi connectivity index (χ4n) is 5.65. The Morgan fingerprint density at radius 3 is 2.62 bits per heavy atom. The first-order valence-corrected chi connectivity index (χ1v) is 13.3. The normalized spacial score (nSPS) is 19.2. The summed E-state index contributed by atoms with van der Waals surface area (Å²) in [6, 6.07) is 12.2. The number of aryl methyl sites for hydroxylation is 1. The number of esters is 1. The average Bonchev–Trinajstić information content (AvgIpc) is 3.61. The van der Waals surface area contributed by atoms with Crippen LogP contribution in [0.3, 0.4) is 0 Å². The van der Waals surface area contributed by atoms with Crippen LogP contribution in [0.25, 0.3) is 16.7 Å². The highest BCUT2D eigenvalue weighted by atomic mass is 19.4. The Morgan fingerprint density at radius 2 is 1.90 bits per heavy atom. The minimum atomic E-state index is -5.19. The van der Waals surface area contributed by atoms with Gasteiger partial charge >= 0.3 is 18.1 Å². The molecule has 0 fully saturated rings. The van der Waals surface area contributed by atoms with Gasteiger partial charge in [0.2, 0.25) is 0 Å². The van der Waals surface area contributed by atoms with E-state index >= 15 is 0 Å². The number of carbonyl (C=O) groups excluding carboxylic acids is 2. The van der Waals surface area contributed by atoms with Gasteiger partial charge in [0.05, 0.1) is 22.8 Å². The molecule has 0 aliphatic carbocycles. The molecule has 218 valence electrons. The first-order chi connectivity index (χ1) is 20.0. The number of aromatic nitrogens is 2. The zero-order valence-corrected chi connectivity index (χ0v) is 22.7. The molecule has 0 saturated heterocycles. The summed E-state index contributed by atoms with van der Waals surface area (Å²) in [5.74, 6) is -2.01. The molecule has 0 N–H and O–H groups in total. The van der Waals surface area contributed by atoms with Gasteiger partial charge in [0.25, 0.3) is 0 Å². The number of alkyl halides is 3. The molecule has 0 radical (unpaired) electrons. The predicted molar refractivity (Wildman–Crippen MR) is 143 cm³/mol. The number of hydrogen-bond donors (Lipinski definition) is 0. The lowest BCUT2D eigenvalue weighted by Gasteiger charge is -2.29. The van der Waals surface area contributed by atoms with Crippen LogP contribution in [0.2, 0.25) is 0 Å². The van der Waals surface area contributed by atoms with Gasteiger partial charge in [0, 0.05) is 42.3 Å². The van der Waals surface area contributed by atoms with E-state index in [9.17, 15) is 27.2 Å². The van der Waals surface area contributed by atoms with Crippen molar-refractivity contribution in [2.24, 2.45) is 0 Å². The second kappa shape index (κ2) is 10.0. The molecular weight excluding hydrogens is 558 g/mol. The summed E-state index contributed by atoms with van der Waals surface area (Å²) in [7, 11) is 0. The lowest BCUT2D eigenvalue weighted by atomic mass is 10.0. The van der Waals surface area contributed by atoms with Crippen LogP contribution in [0.5, 0.6) is 11.5 Å². The molecular formula is C30H25F4N3O5. The number of anilines is 1. The molecule has 12 heteroatoms. The van der Waals surface area contributed by atoms with E-state index in [1.807, 2.05) is 6.92 Å². The number of rotatable bonds is 5. The van der Waals surface area contributed by atoms with Crippen LogP contribution in [0.15, 0.2) is 54.6 Å². The molecule has 0 bridgehead atoms. The number of halogens is 4. The fourth-order valence-corrected chi connectivity index (χ4v) is 5.65. The molecule has 2 aliphatic rings. The van der Waals surface area contributed by atoms with Gasteiger partial charge in [-0.15, -0.1) is 0 Å². The van der Waals surface area contributed by atoms with Crippen molar-refractivity contribution in [2.45, 2.75) is 51.6 Å². The maximum atomic E-state index is 14.2. The summed E-state index contributed by atoms with van der Waals surface area (Å²) in [4.78, 5) is 29.7. The molecule has 3 aromatic carbocycles. The Labute approximate surface area is 237 Å². The van der Waals surface area contributed by atoms with Gasteiger partial charge in [-0.2, -0.15) is 13.2 Å². The van der Waals surface area contributed by atoms with Crippen molar-refractivity contribution in [3.8, 4) is 17.2 Å². The highest BCUT2D eigenvalue weighted by molar-refractivity contribution is 5.98. The summed E-state index contributed by atoms with van der Waals surface area (Å²) >= 11 is 0. The lowest BCUT2D eigenvalue weighted by molar-refractivity contribution is -0.171. The summed E-state index contributed by atoms with van der Waals surface area (Å²) in [5, 5.41) is 0. The Morgan fingerprint density at radius 1 is 1.12 bits per heavy atom. The van der Waals surface area contributed by atoms with Crippen LogP contribution in [-0.4, -0.2) is 40.3 Å². The SMILES string of the molecule is CCc1nc2ccc(F)cc2n1-c1cccc2c1OC[C@H]2N(C(=O)C(F)(F)F)c1ccc2c(c1)OC(C)[C@H]2OC(C)=O. The molecule has 2 aliphatic heterocycles. The average molecular weight is 584 g/mol. The quantitative estimate of drug-likeness (QED) is 0.207. The number of imidazole rings is 1. The third-order valence-electron chi connectivity index (χ3n) is 7.40. The van der Waals surface area contributed by atoms with E-state index in [0.29, 0.717) is 45.0 Å². The molecule has 4 aromatic rings. The van der Waals surface area contributed by atoms with E-state index in [1.54, 1.807) is 35.8 Å². The second-order valence-electron chi connectivity index (χ2n) is 10.1. The van der Waals surface area contributed by atoms with Crippen LogP contribution >= 0.6 is 0 Å². The van der Waals surface area contributed by atoms with Gasteiger partial charge in [0.15, 0.2) is 6.10 Å². The van der Waals surface area contributed by atoms with Crippen molar-refractivity contribution >= 4 is 28.6 Å². The standard InChI is InChI=1S/C30H25F4N3O5/c1-4-26-35-21-11-8-17(31)12-23(21)37(26)22-7-5-6-19-24(14-40-28(19)22)36(29(39)30(32,33)34)18-9-10-20-25(13-18)41-15(2)27(20)42-16(3)38/h5-13,15,24,27H,4,14H2,1-3H3/t15?,24-,27-/m1/s1. The number of fused-ring (bicyclic) bond motifs is 3. The number of benzene rings is 3. The Hall–Kier alpha value is -4.61. The van der Waals surface area contributed by atoms with Crippen LogP contribution in [0.1, 0.15) is 49.9 Å². The monoisotopic (exact) mass is 583 g/mol. The van der Waals surface area contributed by atoms with Gasteiger partial charge < -0.3 is 14.2 Å². The molecule has 1 aromatic heterocycles. The van der Waals surface area contributed by atoms with Gasteiger partial charge in [0.1, 0.15) is 35.9 Å². The number of nitrogens with zero attached hydrogens (tertiary/aromatic N) is 3. The molecule has 0 saturated carbocycles. The van der Waals surface area contributed by atoms with Crippen LogP contribution in [0, 0.1) is 5.82 Å². The molecule has 6 rings (SSSR count). The first-order valence-electron chi connectivity index (χ1n) is 13.3. The van der Waals surface area contributed by atoms with Gasteiger partial charge in [-0.1, -0.05) is 19.1 Å². The minimum absolute atomic E-state index is 0.0667. The van der Waals surface area contributed by atoms with Gasteiger partial charge in [-0.3, -0.25) is 19.1 Å². The summed E-state index contributed by atoms with van der Waals surface area (Å²) in [5.41, 5.74) is 2.25. The highest BCUT2D eigenvalue weighted by Crippen LogP contribution is 2.47. The van der Waals surface area contributed by atoms with Crippen molar-refractivity contribution in [1.82, 2.24) is 9.55 Å². The molecule has 42 heavy (non-hydrogen) atoms. The first kappa shape index (κ1) is 27.6.